The van der Waals surface area contributed by atoms with E-state index in [2.05, 4.69) is 0 Å². The number of nitrogens with two attached hydrogens (primary N) is 1. The van der Waals surface area contributed by atoms with Gasteiger partial charge < -0.3 is 5.73 Å². The lowest BCUT2D eigenvalue weighted by molar-refractivity contribution is -0.119. The average Bonchev–Trinajstić information content (AvgIpc) is 2.17. The summed E-state index contributed by atoms with van der Waals surface area (Å²) in [6.07, 6.45) is -0.590. The summed E-state index contributed by atoms with van der Waals surface area (Å²) < 4.78 is 11.7. The topological polar surface area (TPSA) is 43.1 Å². The van der Waals surface area contributed by atoms with E-state index in [4.69, 9.17) is 5.73 Å². The quantitative estimate of drug-likeness (QED) is 0.492. The van der Waals surface area contributed by atoms with E-state index in [1.165, 1.54) is 0 Å². The minimum atomic E-state index is -0.933. The molecule has 2 atom stereocenters. The molecule has 0 aromatic carbocycles. The number of primary amides is 1. The van der Waals surface area contributed by atoms with Crippen molar-refractivity contribution < 1.29 is 9.18 Å². The van der Waals surface area contributed by atoms with E-state index in [9.17, 15) is 9.18 Å². The van der Waals surface area contributed by atoms with E-state index >= 15 is 0 Å². The van der Waals surface area contributed by atoms with Crippen LogP contribution in [0.1, 0.15) is 6.42 Å². The first kappa shape index (κ1) is 4.56. The SMILES string of the molecule is NC(=O)C1CC1F. The molecular formula is C4H6FNO. The van der Waals surface area contributed by atoms with Crippen molar-refractivity contribution in [3.8, 4) is 0 Å². The largest absolute Gasteiger partial charge is 0.369 e. The van der Waals surface area contributed by atoms with E-state index in [1.807, 2.05) is 0 Å². The molecule has 0 bridgehead atoms. The van der Waals surface area contributed by atoms with Crippen molar-refractivity contribution in [3.05, 3.63) is 0 Å². The highest BCUT2D eigenvalue weighted by atomic mass is 19.1. The number of rotatable bonds is 1. The predicted molar refractivity (Wildman–Crippen MR) is 22.2 cm³/mol. The molecule has 1 aliphatic carbocycles. The maximum absolute atomic E-state index is 11.7. The predicted octanol–water partition coefficient (Wildman–Crippen LogP) is -0.170. The highest BCUT2D eigenvalue weighted by molar-refractivity contribution is 5.80. The smallest absolute Gasteiger partial charge is 0.223 e. The Morgan fingerprint density at radius 3 is 2.29 bits per heavy atom. The van der Waals surface area contributed by atoms with Crippen molar-refractivity contribution in [2.45, 2.75) is 12.6 Å². The highest BCUT2D eigenvalue weighted by Gasteiger charge is 2.42. The number of carbonyl (C=O) groups is 1. The number of carbonyl (C=O) groups excluding carboxylic acids is 1. The minimum Gasteiger partial charge on any atom is -0.369 e. The van der Waals surface area contributed by atoms with Crippen molar-refractivity contribution in [3.63, 3.8) is 0 Å². The zero-order valence-corrected chi connectivity index (χ0v) is 3.73. The molecule has 1 aliphatic rings. The van der Waals surface area contributed by atoms with Crippen molar-refractivity contribution >= 4 is 5.91 Å². The van der Waals surface area contributed by atoms with Crippen LogP contribution in [-0.4, -0.2) is 12.1 Å². The maximum atomic E-state index is 11.7. The lowest BCUT2D eigenvalue weighted by Gasteiger charge is -1.79. The average molecular weight is 103 g/mol. The van der Waals surface area contributed by atoms with Crippen LogP contribution in [0.25, 0.3) is 0 Å². The molecule has 0 radical (unpaired) electrons. The summed E-state index contributed by atoms with van der Waals surface area (Å²) >= 11 is 0. The Labute approximate surface area is 40.5 Å². The molecule has 1 saturated carbocycles. The van der Waals surface area contributed by atoms with Gasteiger partial charge in [-0.05, 0) is 6.42 Å². The summed E-state index contributed by atoms with van der Waals surface area (Å²) in [4.78, 5) is 9.95. The number of hydrogen-bond acceptors (Lipinski definition) is 1. The van der Waals surface area contributed by atoms with E-state index in [0.29, 0.717) is 6.42 Å². The van der Waals surface area contributed by atoms with Crippen LogP contribution in [0.3, 0.4) is 0 Å². The van der Waals surface area contributed by atoms with Crippen LogP contribution in [0.5, 0.6) is 0 Å². The summed E-state index contributed by atoms with van der Waals surface area (Å²) in [6, 6.07) is 0. The number of hydrogen-bond donors (Lipinski definition) is 1. The first-order valence-corrected chi connectivity index (χ1v) is 2.15. The van der Waals surface area contributed by atoms with Gasteiger partial charge in [0.1, 0.15) is 6.17 Å². The van der Waals surface area contributed by atoms with Gasteiger partial charge in [-0.1, -0.05) is 0 Å². The lowest BCUT2D eigenvalue weighted by Crippen LogP contribution is -2.13. The zero-order chi connectivity index (χ0) is 5.44. The number of halogens is 1. The monoisotopic (exact) mass is 103 g/mol. The number of amides is 1. The molecule has 2 nitrogen and oxygen atoms in total. The normalized spacial score (nSPS) is 37.9. The molecule has 2 N–H and O–H groups in total. The van der Waals surface area contributed by atoms with Crippen LogP contribution in [0, 0.1) is 5.92 Å². The summed E-state index contributed by atoms with van der Waals surface area (Å²) in [7, 11) is 0. The van der Waals surface area contributed by atoms with Crippen LogP contribution in [0.2, 0.25) is 0 Å². The zero-order valence-electron chi connectivity index (χ0n) is 3.73. The van der Waals surface area contributed by atoms with E-state index in [0.717, 1.165) is 0 Å². The molecule has 1 fully saturated rings. The summed E-state index contributed by atoms with van der Waals surface area (Å²) in [5.74, 6) is -0.965. The molecular weight excluding hydrogens is 97.0 g/mol. The molecule has 7 heavy (non-hydrogen) atoms. The Balaban J connectivity index is 2.33. The third kappa shape index (κ3) is 0.706. The van der Waals surface area contributed by atoms with Gasteiger partial charge in [0.05, 0.1) is 5.92 Å². The summed E-state index contributed by atoms with van der Waals surface area (Å²) in [5, 5.41) is 0. The van der Waals surface area contributed by atoms with Crippen LogP contribution in [0.4, 0.5) is 4.39 Å². The van der Waals surface area contributed by atoms with Crippen molar-refractivity contribution in [2.75, 3.05) is 0 Å². The molecule has 2 unspecified atom stereocenters. The fraction of sp³-hybridized carbons (Fsp3) is 0.750. The van der Waals surface area contributed by atoms with E-state index in [-0.39, 0.29) is 0 Å². The first-order chi connectivity index (χ1) is 3.22. The number of alkyl halides is 1. The van der Waals surface area contributed by atoms with Crippen LogP contribution >= 0.6 is 0 Å². The standard InChI is InChI=1S/C4H6FNO/c5-3-1-2(3)4(6)7/h2-3H,1H2,(H2,6,7). The molecule has 0 saturated heterocycles. The Morgan fingerprint density at radius 1 is 1.86 bits per heavy atom. The second-order valence-electron chi connectivity index (χ2n) is 1.76. The van der Waals surface area contributed by atoms with Gasteiger partial charge in [-0.3, -0.25) is 4.79 Å². The molecule has 0 aromatic heterocycles. The van der Waals surface area contributed by atoms with Crippen LogP contribution in [0.15, 0.2) is 0 Å². The summed E-state index contributed by atoms with van der Waals surface area (Å²) in [5.41, 5.74) is 4.71. The molecule has 3 heteroatoms. The Kier molecular flexibility index (Phi) is 0.770. The summed E-state index contributed by atoms with van der Waals surface area (Å²) in [6.45, 7) is 0. The first-order valence-electron chi connectivity index (χ1n) is 2.15. The van der Waals surface area contributed by atoms with Crippen molar-refractivity contribution in [2.24, 2.45) is 11.7 Å². The van der Waals surface area contributed by atoms with Gasteiger partial charge in [-0.15, -0.1) is 0 Å². The highest BCUT2D eigenvalue weighted by Crippen LogP contribution is 2.32. The minimum absolute atomic E-state index is 0.343. The molecule has 1 rings (SSSR count). The molecule has 1 amide bonds. The van der Waals surface area contributed by atoms with Gasteiger partial charge in [-0.2, -0.15) is 0 Å². The van der Waals surface area contributed by atoms with Crippen molar-refractivity contribution in [1.29, 1.82) is 0 Å². The third-order valence-electron chi connectivity index (χ3n) is 1.08. The van der Waals surface area contributed by atoms with Gasteiger partial charge in [0.15, 0.2) is 0 Å². The Hall–Kier alpha value is -0.600. The molecule has 0 aromatic rings. The fourth-order valence-corrected chi connectivity index (χ4v) is 0.458. The van der Waals surface area contributed by atoms with Gasteiger partial charge in [0.2, 0.25) is 5.91 Å². The second-order valence-corrected chi connectivity index (χ2v) is 1.76. The van der Waals surface area contributed by atoms with E-state index in [1.54, 1.807) is 0 Å². The third-order valence-corrected chi connectivity index (χ3v) is 1.08. The van der Waals surface area contributed by atoms with Gasteiger partial charge in [-0.25, -0.2) is 4.39 Å². The fourth-order valence-electron chi connectivity index (χ4n) is 0.458. The van der Waals surface area contributed by atoms with Crippen LogP contribution < -0.4 is 5.73 Å². The molecule has 0 aliphatic heterocycles. The van der Waals surface area contributed by atoms with Gasteiger partial charge in [0, 0.05) is 0 Å². The second kappa shape index (κ2) is 1.18. The van der Waals surface area contributed by atoms with Crippen molar-refractivity contribution in [1.82, 2.24) is 0 Å². The molecule has 0 spiro atoms. The molecule has 0 heterocycles. The Morgan fingerprint density at radius 2 is 2.29 bits per heavy atom. The maximum Gasteiger partial charge on any atom is 0.223 e. The van der Waals surface area contributed by atoms with Crippen LogP contribution in [-0.2, 0) is 4.79 Å². The van der Waals surface area contributed by atoms with Gasteiger partial charge in [0.25, 0.3) is 0 Å². The Bertz CT molecular complexity index is 104. The van der Waals surface area contributed by atoms with E-state index < -0.39 is 18.0 Å². The lowest BCUT2D eigenvalue weighted by atomic mass is 10.4. The molecule has 40 valence electrons. The van der Waals surface area contributed by atoms with Gasteiger partial charge >= 0.3 is 0 Å².